The zero-order valence-corrected chi connectivity index (χ0v) is 19.4. The van der Waals surface area contributed by atoms with E-state index in [-0.39, 0.29) is 12.3 Å². The number of nitrogens with zero attached hydrogens (tertiary/aromatic N) is 5. The van der Waals surface area contributed by atoms with Crippen LogP contribution < -0.4 is 10.1 Å². The van der Waals surface area contributed by atoms with Crippen molar-refractivity contribution in [2.45, 2.75) is 31.7 Å². The van der Waals surface area contributed by atoms with Crippen molar-refractivity contribution < 1.29 is 9.53 Å². The van der Waals surface area contributed by atoms with Gasteiger partial charge in [0.15, 0.2) is 6.19 Å². The van der Waals surface area contributed by atoms with Gasteiger partial charge in [-0.2, -0.15) is 5.26 Å². The number of aromatic nitrogens is 2. The lowest BCUT2D eigenvalue weighted by Gasteiger charge is -2.20. The average molecular weight is 467 g/mol. The molecule has 1 N–H and O–H groups in total. The summed E-state index contributed by atoms with van der Waals surface area (Å²) in [6.45, 7) is 2.93. The van der Waals surface area contributed by atoms with Crippen molar-refractivity contribution in [2.75, 3.05) is 38.6 Å². The summed E-state index contributed by atoms with van der Waals surface area (Å²) in [5, 5.41) is 12.2. The Hall–Kier alpha value is -3.15. The summed E-state index contributed by atoms with van der Waals surface area (Å²) in [5.41, 5.74) is 2.81. The van der Waals surface area contributed by atoms with Crippen LogP contribution in [0, 0.1) is 11.5 Å². The minimum atomic E-state index is -0.192. The van der Waals surface area contributed by atoms with Crippen molar-refractivity contribution in [3.8, 4) is 11.9 Å². The molecule has 0 aromatic carbocycles. The van der Waals surface area contributed by atoms with E-state index in [1.165, 1.54) is 12.6 Å². The van der Waals surface area contributed by atoms with Gasteiger partial charge < -0.3 is 19.9 Å². The molecule has 1 unspecified atom stereocenters. The van der Waals surface area contributed by atoms with Crippen LogP contribution in [-0.4, -0.2) is 65.0 Å². The molecule has 1 amide bonds. The van der Waals surface area contributed by atoms with Gasteiger partial charge in [-0.05, 0) is 50.1 Å². The standard InChI is InChI=1S/C24H27ClN6O2/c1-30-8-2-3-19(30)15-33-22-12-23(28-14-20(22)25)29-24(32)11-17-4-5-21(27-13-17)18-6-9-31(16-26)10-7-18/h4-6,12-14,19H,2-3,7-11,15H2,1H3,(H,28,29,32). The number of rotatable bonds is 7. The third-order valence-corrected chi connectivity index (χ3v) is 6.34. The van der Waals surface area contributed by atoms with Gasteiger partial charge >= 0.3 is 0 Å². The monoisotopic (exact) mass is 466 g/mol. The number of carbonyl (C=O) groups is 1. The van der Waals surface area contributed by atoms with E-state index in [4.69, 9.17) is 21.6 Å². The second-order valence-electron chi connectivity index (χ2n) is 8.39. The molecule has 0 spiro atoms. The zero-order valence-electron chi connectivity index (χ0n) is 18.6. The Balaban J connectivity index is 1.32. The highest BCUT2D eigenvalue weighted by atomic mass is 35.5. The summed E-state index contributed by atoms with van der Waals surface area (Å²) >= 11 is 6.23. The van der Waals surface area contributed by atoms with Crippen molar-refractivity contribution in [1.82, 2.24) is 19.8 Å². The highest BCUT2D eigenvalue weighted by Gasteiger charge is 2.22. The number of likely N-dealkylation sites (N-methyl/N-ethyl adjacent to an activating group) is 1. The molecule has 1 saturated heterocycles. The molecule has 1 atom stereocenters. The molecular weight excluding hydrogens is 440 g/mol. The van der Waals surface area contributed by atoms with E-state index in [9.17, 15) is 4.79 Å². The minimum absolute atomic E-state index is 0.182. The number of hydrogen-bond donors (Lipinski definition) is 1. The smallest absolute Gasteiger partial charge is 0.230 e. The number of likely N-dealkylation sites (tertiary alicyclic amines) is 1. The number of pyridine rings is 2. The molecule has 0 aliphatic carbocycles. The fourth-order valence-corrected chi connectivity index (χ4v) is 4.22. The fraction of sp³-hybridized carbons (Fsp3) is 0.417. The number of amides is 1. The predicted molar refractivity (Wildman–Crippen MR) is 127 cm³/mol. The van der Waals surface area contributed by atoms with Crippen LogP contribution in [0.4, 0.5) is 5.82 Å². The Morgan fingerprint density at radius 2 is 2.21 bits per heavy atom. The van der Waals surface area contributed by atoms with Crippen LogP contribution in [-0.2, 0) is 11.2 Å². The average Bonchev–Trinajstić information content (AvgIpc) is 3.24. The molecule has 2 aliphatic heterocycles. The van der Waals surface area contributed by atoms with Gasteiger partial charge in [-0.1, -0.05) is 23.7 Å². The van der Waals surface area contributed by atoms with Gasteiger partial charge in [0.1, 0.15) is 23.2 Å². The molecule has 1 fully saturated rings. The highest BCUT2D eigenvalue weighted by Crippen LogP contribution is 2.27. The molecular formula is C24H27ClN6O2. The second-order valence-corrected chi connectivity index (χ2v) is 8.80. The molecule has 4 heterocycles. The first-order valence-corrected chi connectivity index (χ1v) is 11.5. The van der Waals surface area contributed by atoms with Crippen molar-refractivity contribution in [3.05, 3.63) is 52.9 Å². The summed E-state index contributed by atoms with van der Waals surface area (Å²) < 4.78 is 5.92. The van der Waals surface area contributed by atoms with Gasteiger partial charge in [0.05, 0.1) is 18.3 Å². The van der Waals surface area contributed by atoms with Crippen molar-refractivity contribution in [1.29, 1.82) is 5.26 Å². The number of anilines is 1. The van der Waals surface area contributed by atoms with E-state index in [1.54, 1.807) is 17.2 Å². The Morgan fingerprint density at radius 3 is 2.88 bits per heavy atom. The lowest BCUT2D eigenvalue weighted by molar-refractivity contribution is -0.115. The first-order chi connectivity index (χ1) is 16.0. The number of hydrogen-bond acceptors (Lipinski definition) is 7. The van der Waals surface area contributed by atoms with Crippen LogP contribution in [0.1, 0.15) is 30.5 Å². The van der Waals surface area contributed by atoms with Gasteiger partial charge in [-0.15, -0.1) is 0 Å². The molecule has 8 nitrogen and oxygen atoms in total. The maximum Gasteiger partial charge on any atom is 0.230 e. The third kappa shape index (κ3) is 6.01. The van der Waals surface area contributed by atoms with Gasteiger partial charge in [0.25, 0.3) is 0 Å². The topological polar surface area (TPSA) is 94.4 Å². The number of nitriles is 1. The van der Waals surface area contributed by atoms with Gasteiger partial charge in [-0.25, -0.2) is 4.98 Å². The number of halogens is 1. The normalized spacial score (nSPS) is 18.5. The van der Waals surface area contributed by atoms with E-state index in [2.05, 4.69) is 33.4 Å². The molecule has 33 heavy (non-hydrogen) atoms. The molecule has 0 bridgehead atoms. The van der Waals surface area contributed by atoms with E-state index >= 15 is 0 Å². The molecule has 172 valence electrons. The zero-order chi connectivity index (χ0) is 23.2. The van der Waals surface area contributed by atoms with Crippen LogP contribution in [0.25, 0.3) is 5.57 Å². The van der Waals surface area contributed by atoms with E-state index in [0.717, 1.165) is 36.2 Å². The minimum Gasteiger partial charge on any atom is -0.490 e. The van der Waals surface area contributed by atoms with Crippen molar-refractivity contribution >= 4 is 28.9 Å². The van der Waals surface area contributed by atoms with E-state index < -0.39 is 0 Å². The van der Waals surface area contributed by atoms with Crippen molar-refractivity contribution in [3.63, 3.8) is 0 Å². The SMILES string of the molecule is CN1CCCC1COc1cc(NC(=O)Cc2ccc(C3=CCN(C#N)CC3)nc2)ncc1Cl. The predicted octanol–water partition coefficient (Wildman–Crippen LogP) is 3.35. The van der Waals surface area contributed by atoms with Crippen molar-refractivity contribution in [2.24, 2.45) is 0 Å². The lowest BCUT2D eigenvalue weighted by atomic mass is 10.0. The molecule has 2 aromatic heterocycles. The summed E-state index contributed by atoms with van der Waals surface area (Å²) in [6.07, 6.45) is 10.6. The summed E-state index contributed by atoms with van der Waals surface area (Å²) in [6, 6.07) is 5.86. The van der Waals surface area contributed by atoms with Gasteiger partial charge in [0.2, 0.25) is 5.91 Å². The quantitative estimate of drug-likeness (QED) is 0.625. The third-order valence-electron chi connectivity index (χ3n) is 6.06. The molecule has 2 aliphatic rings. The first-order valence-electron chi connectivity index (χ1n) is 11.1. The Kier molecular flexibility index (Phi) is 7.43. The fourth-order valence-electron chi connectivity index (χ4n) is 4.06. The maximum absolute atomic E-state index is 12.5. The van der Waals surface area contributed by atoms with Gasteiger partial charge in [-0.3, -0.25) is 9.78 Å². The van der Waals surface area contributed by atoms with Gasteiger partial charge in [0, 0.05) is 31.4 Å². The van der Waals surface area contributed by atoms with Crippen LogP contribution in [0.2, 0.25) is 5.02 Å². The molecule has 2 aromatic rings. The van der Waals surface area contributed by atoms with Crippen LogP contribution in [0.3, 0.4) is 0 Å². The highest BCUT2D eigenvalue weighted by molar-refractivity contribution is 6.32. The van der Waals surface area contributed by atoms with Crippen LogP contribution >= 0.6 is 11.6 Å². The largest absolute Gasteiger partial charge is 0.490 e. The number of nitrogens with one attached hydrogen (secondary N) is 1. The Morgan fingerprint density at radius 1 is 1.33 bits per heavy atom. The Labute approximate surface area is 198 Å². The molecule has 4 rings (SSSR count). The van der Waals surface area contributed by atoms with Crippen LogP contribution in [0.15, 0.2) is 36.7 Å². The molecule has 9 heteroatoms. The summed E-state index contributed by atoms with van der Waals surface area (Å²) in [7, 11) is 2.09. The Bertz CT molecular complexity index is 1070. The number of ether oxygens (including phenoxy) is 1. The summed E-state index contributed by atoms with van der Waals surface area (Å²) in [5.74, 6) is 0.726. The first kappa shape index (κ1) is 23.0. The lowest BCUT2D eigenvalue weighted by Crippen LogP contribution is -2.30. The molecule has 0 saturated carbocycles. The van der Waals surface area contributed by atoms with Crippen LogP contribution in [0.5, 0.6) is 5.75 Å². The summed E-state index contributed by atoms with van der Waals surface area (Å²) in [4.78, 5) is 25.2. The van der Waals surface area contributed by atoms with E-state index in [0.29, 0.717) is 42.3 Å². The molecule has 0 radical (unpaired) electrons. The van der Waals surface area contributed by atoms with E-state index in [1.807, 2.05) is 18.2 Å². The number of carbonyl (C=O) groups excluding carboxylic acids is 1. The maximum atomic E-state index is 12.5. The second kappa shape index (κ2) is 10.6.